The van der Waals surface area contributed by atoms with E-state index in [1.165, 1.54) is 21.8 Å². The van der Waals surface area contributed by atoms with Gasteiger partial charge in [-0.3, -0.25) is 4.98 Å². The maximum atomic E-state index is 4.73. The molecule has 0 saturated carbocycles. The number of pyridine rings is 1. The Hall–Kier alpha value is -1.85. The minimum Gasteiger partial charge on any atom is -0.312 e. The Morgan fingerprint density at radius 1 is 1.20 bits per heavy atom. The van der Waals surface area contributed by atoms with Crippen molar-refractivity contribution in [2.75, 3.05) is 7.05 Å². The first-order chi connectivity index (χ1) is 9.78. The minimum absolute atomic E-state index is 0.212. The summed E-state index contributed by atoms with van der Waals surface area (Å²) in [5.41, 5.74) is 3.12. The molecule has 1 atom stereocenters. The molecule has 0 saturated heterocycles. The van der Waals surface area contributed by atoms with Gasteiger partial charge in [0.05, 0.1) is 22.1 Å². The second-order valence-electron chi connectivity index (χ2n) is 4.76. The van der Waals surface area contributed by atoms with E-state index >= 15 is 0 Å². The van der Waals surface area contributed by atoms with E-state index in [0.717, 1.165) is 23.3 Å². The summed E-state index contributed by atoms with van der Waals surface area (Å²) in [4.78, 5) is 5.91. The van der Waals surface area contributed by atoms with E-state index in [9.17, 15) is 0 Å². The van der Waals surface area contributed by atoms with Crippen LogP contribution in [-0.4, -0.2) is 21.6 Å². The van der Waals surface area contributed by atoms with Gasteiger partial charge in [-0.1, -0.05) is 28.8 Å². The number of fused-ring (bicyclic) bond motifs is 1. The lowest BCUT2D eigenvalue weighted by Gasteiger charge is -2.14. The topological polar surface area (TPSA) is 50.7 Å². The summed E-state index contributed by atoms with van der Waals surface area (Å²) in [6, 6.07) is 12.6. The Labute approximate surface area is 122 Å². The molecule has 20 heavy (non-hydrogen) atoms. The van der Waals surface area contributed by atoms with Crippen LogP contribution in [-0.2, 0) is 6.42 Å². The van der Waals surface area contributed by atoms with Crippen LogP contribution in [0.15, 0.2) is 36.4 Å². The number of aryl methyl sites for hydroxylation is 1. The normalized spacial score (nSPS) is 12.7. The van der Waals surface area contributed by atoms with Crippen LogP contribution >= 0.6 is 11.5 Å². The van der Waals surface area contributed by atoms with Gasteiger partial charge in [0, 0.05) is 17.5 Å². The summed E-state index contributed by atoms with van der Waals surface area (Å²) in [5.74, 6) is 0. The lowest BCUT2D eigenvalue weighted by molar-refractivity contribution is 0.591. The predicted molar refractivity (Wildman–Crippen MR) is 81.9 cm³/mol. The van der Waals surface area contributed by atoms with E-state index in [1.54, 1.807) is 0 Å². The van der Waals surface area contributed by atoms with E-state index in [4.69, 9.17) is 4.98 Å². The Kier molecular flexibility index (Phi) is 3.71. The first kappa shape index (κ1) is 13.1. The quantitative estimate of drug-likeness (QED) is 0.800. The molecule has 5 heteroatoms. The van der Waals surface area contributed by atoms with Gasteiger partial charge in [0.15, 0.2) is 0 Å². The Balaban J connectivity index is 1.89. The third-order valence-corrected chi connectivity index (χ3v) is 4.36. The van der Waals surface area contributed by atoms with Crippen LogP contribution in [0.2, 0.25) is 0 Å². The van der Waals surface area contributed by atoms with Crippen LogP contribution in [0.3, 0.4) is 0 Å². The van der Waals surface area contributed by atoms with Crippen molar-refractivity contribution in [2.45, 2.75) is 19.4 Å². The molecule has 102 valence electrons. The fourth-order valence-electron chi connectivity index (χ4n) is 2.31. The molecular formula is C15H16N4S. The van der Waals surface area contributed by atoms with Crippen molar-refractivity contribution in [3.05, 3.63) is 52.7 Å². The van der Waals surface area contributed by atoms with Gasteiger partial charge in [-0.15, -0.1) is 5.10 Å². The van der Waals surface area contributed by atoms with Crippen LogP contribution in [0.5, 0.6) is 0 Å². The maximum absolute atomic E-state index is 4.73. The smallest absolute Gasteiger partial charge is 0.0772 e. The Morgan fingerprint density at radius 2 is 2.05 bits per heavy atom. The zero-order valence-corrected chi connectivity index (χ0v) is 12.3. The lowest BCUT2D eigenvalue weighted by atomic mass is 10.1. The van der Waals surface area contributed by atoms with Crippen LogP contribution in [0.25, 0.3) is 10.9 Å². The highest BCUT2D eigenvalue weighted by atomic mass is 32.1. The molecule has 0 aliphatic carbocycles. The highest BCUT2D eigenvalue weighted by Gasteiger charge is 2.16. The first-order valence-corrected chi connectivity index (χ1v) is 7.36. The van der Waals surface area contributed by atoms with Gasteiger partial charge in [0.25, 0.3) is 0 Å². The lowest BCUT2D eigenvalue weighted by Crippen LogP contribution is -2.19. The monoisotopic (exact) mass is 284 g/mol. The molecule has 0 bridgehead atoms. The number of nitrogens with zero attached hydrogens (tertiary/aromatic N) is 3. The van der Waals surface area contributed by atoms with Crippen LogP contribution in [0.1, 0.15) is 22.3 Å². The van der Waals surface area contributed by atoms with Crippen molar-refractivity contribution in [1.29, 1.82) is 0 Å². The summed E-state index contributed by atoms with van der Waals surface area (Å²) < 4.78 is 4.01. The van der Waals surface area contributed by atoms with Crippen molar-refractivity contribution >= 4 is 22.4 Å². The Morgan fingerprint density at radius 3 is 2.80 bits per heavy atom. The van der Waals surface area contributed by atoms with Gasteiger partial charge >= 0.3 is 0 Å². The molecule has 0 radical (unpaired) electrons. The third-order valence-electron chi connectivity index (χ3n) is 3.42. The molecule has 0 aliphatic heterocycles. The van der Waals surface area contributed by atoms with E-state index in [1.807, 2.05) is 32.2 Å². The molecule has 3 aromatic rings. The Bertz CT molecular complexity index is 722. The van der Waals surface area contributed by atoms with Crippen molar-refractivity contribution < 1.29 is 0 Å². The molecule has 0 aliphatic rings. The van der Waals surface area contributed by atoms with Crippen molar-refractivity contribution in [1.82, 2.24) is 19.9 Å². The highest BCUT2D eigenvalue weighted by molar-refractivity contribution is 7.05. The SMILES string of the molecule is CNC(Cc1ccc2ccccc2n1)c1snnc1C. The molecule has 2 aromatic heterocycles. The zero-order valence-electron chi connectivity index (χ0n) is 11.5. The molecule has 2 heterocycles. The van der Waals surface area contributed by atoms with Crippen LogP contribution in [0, 0.1) is 6.92 Å². The number of para-hydroxylation sites is 1. The fourth-order valence-corrected chi connectivity index (χ4v) is 3.07. The van der Waals surface area contributed by atoms with Gasteiger partial charge in [0.2, 0.25) is 0 Å². The molecule has 0 spiro atoms. The van der Waals surface area contributed by atoms with Gasteiger partial charge < -0.3 is 5.32 Å². The number of hydrogen-bond donors (Lipinski definition) is 1. The highest BCUT2D eigenvalue weighted by Crippen LogP contribution is 2.23. The zero-order chi connectivity index (χ0) is 13.9. The molecule has 4 nitrogen and oxygen atoms in total. The number of nitrogens with one attached hydrogen (secondary N) is 1. The fraction of sp³-hybridized carbons (Fsp3) is 0.267. The first-order valence-electron chi connectivity index (χ1n) is 6.58. The summed E-state index contributed by atoms with van der Waals surface area (Å²) in [7, 11) is 1.96. The van der Waals surface area contributed by atoms with E-state index in [0.29, 0.717) is 0 Å². The predicted octanol–water partition coefficient (Wildman–Crippen LogP) is 2.90. The average molecular weight is 284 g/mol. The molecule has 1 N–H and O–H groups in total. The molecule has 3 rings (SSSR count). The van der Waals surface area contributed by atoms with E-state index in [2.05, 4.69) is 33.1 Å². The van der Waals surface area contributed by atoms with Gasteiger partial charge in [-0.05, 0) is 37.6 Å². The van der Waals surface area contributed by atoms with Gasteiger partial charge in [0.1, 0.15) is 0 Å². The number of benzene rings is 1. The van der Waals surface area contributed by atoms with Crippen LogP contribution in [0.4, 0.5) is 0 Å². The summed E-state index contributed by atoms with van der Waals surface area (Å²) in [6.45, 7) is 2.00. The number of likely N-dealkylation sites (N-methyl/N-ethyl adjacent to an activating group) is 1. The van der Waals surface area contributed by atoms with Crippen molar-refractivity contribution in [2.24, 2.45) is 0 Å². The summed E-state index contributed by atoms with van der Waals surface area (Å²) in [6.07, 6.45) is 0.839. The second kappa shape index (κ2) is 5.64. The number of aromatic nitrogens is 3. The van der Waals surface area contributed by atoms with Gasteiger partial charge in [-0.2, -0.15) is 0 Å². The molecule has 1 aromatic carbocycles. The number of rotatable bonds is 4. The van der Waals surface area contributed by atoms with E-state index in [-0.39, 0.29) is 6.04 Å². The van der Waals surface area contributed by atoms with E-state index < -0.39 is 0 Å². The van der Waals surface area contributed by atoms with Gasteiger partial charge in [-0.25, -0.2) is 0 Å². The maximum Gasteiger partial charge on any atom is 0.0772 e. The molecule has 0 amide bonds. The van der Waals surface area contributed by atoms with Crippen molar-refractivity contribution in [3.63, 3.8) is 0 Å². The largest absolute Gasteiger partial charge is 0.312 e. The standard InChI is InChI=1S/C15H16N4S/c1-10-15(20-19-18-10)14(16-2)9-12-8-7-11-5-3-4-6-13(11)17-12/h3-8,14,16H,9H2,1-2H3. The second-order valence-corrected chi connectivity index (χ2v) is 5.55. The number of hydrogen-bond acceptors (Lipinski definition) is 5. The minimum atomic E-state index is 0.212. The average Bonchev–Trinajstić information content (AvgIpc) is 2.91. The third kappa shape index (κ3) is 2.55. The van der Waals surface area contributed by atoms with Crippen LogP contribution < -0.4 is 5.32 Å². The van der Waals surface area contributed by atoms with Crippen molar-refractivity contribution in [3.8, 4) is 0 Å². The summed E-state index contributed by atoms with van der Waals surface area (Å²) in [5, 5.41) is 8.59. The summed E-state index contributed by atoms with van der Waals surface area (Å²) >= 11 is 1.45. The molecule has 0 fully saturated rings. The molecule has 1 unspecified atom stereocenters. The molecular weight excluding hydrogens is 268 g/mol.